The minimum atomic E-state index is -3.42. The fraction of sp³-hybridized carbons (Fsp3) is 1.00. The summed E-state index contributed by atoms with van der Waals surface area (Å²) >= 11 is 0. The third-order valence-corrected chi connectivity index (χ3v) is 22.5. The average molecular weight is 875 g/mol. The molecule has 0 aromatic carbocycles. The number of sulfonamides is 2. The van der Waals surface area contributed by atoms with E-state index in [2.05, 4.69) is 52.0 Å². The summed E-state index contributed by atoms with van der Waals surface area (Å²) in [6, 6.07) is 0.184. The molecule has 11 fully saturated rings. The first-order valence-corrected chi connectivity index (χ1v) is 28.4. The first kappa shape index (κ1) is 42.2. The number of rotatable bonds is 6. The van der Waals surface area contributed by atoms with E-state index in [1.165, 1.54) is 64.2 Å². The third-order valence-electron chi connectivity index (χ3n) is 18.6. The molecule has 0 spiro atoms. The molecule has 340 valence electrons. The van der Waals surface area contributed by atoms with E-state index in [4.69, 9.17) is 0 Å². The zero-order chi connectivity index (χ0) is 40.6. The molecule has 60 heavy (non-hydrogen) atoms. The summed E-state index contributed by atoms with van der Waals surface area (Å²) in [6.07, 6.45) is 25.9. The predicted molar refractivity (Wildman–Crippen MR) is 233 cm³/mol. The molecule has 0 aromatic heterocycles. The van der Waals surface area contributed by atoms with Gasteiger partial charge in [0.25, 0.3) is 0 Å². The number of nitrogens with one attached hydrogen (secondary N) is 10. The van der Waals surface area contributed by atoms with Crippen molar-refractivity contribution < 1.29 is 16.8 Å². The molecule has 14 nitrogen and oxygen atoms in total. The van der Waals surface area contributed by atoms with E-state index in [0.29, 0.717) is 61.2 Å². The predicted octanol–water partition coefficient (Wildman–Crippen LogP) is 3.07. The quantitative estimate of drug-likeness (QED) is 0.188. The molecule has 18 unspecified atom stereocenters. The normalized spacial score (nSPS) is 49.1. The summed E-state index contributed by atoms with van der Waals surface area (Å²) in [4.78, 5) is 0. The van der Waals surface area contributed by atoms with Crippen LogP contribution in [0.4, 0.5) is 0 Å². The van der Waals surface area contributed by atoms with Gasteiger partial charge in [-0.3, -0.25) is 42.5 Å². The van der Waals surface area contributed by atoms with Crippen molar-refractivity contribution in [3.05, 3.63) is 0 Å². The lowest BCUT2D eigenvalue weighted by molar-refractivity contribution is 0.168. The fourth-order valence-electron chi connectivity index (χ4n) is 15.6. The van der Waals surface area contributed by atoms with Gasteiger partial charge in [0.05, 0.1) is 59.8 Å². The molecular formula is C44H78N10O4S2. The molecular weight excluding hydrogens is 797 g/mol. The van der Waals surface area contributed by atoms with Crippen LogP contribution in [-0.4, -0.2) is 88.7 Å². The van der Waals surface area contributed by atoms with Gasteiger partial charge in [0.1, 0.15) is 0 Å². The van der Waals surface area contributed by atoms with Crippen LogP contribution in [0.5, 0.6) is 0 Å². The van der Waals surface area contributed by atoms with Crippen LogP contribution in [0.15, 0.2) is 0 Å². The zero-order valence-corrected chi connectivity index (χ0v) is 37.6. The second-order valence-electron chi connectivity index (χ2n) is 21.9. The molecule has 11 rings (SSSR count). The average Bonchev–Trinajstić information content (AvgIpc) is 3.99. The summed E-state index contributed by atoms with van der Waals surface area (Å²) in [5, 5.41) is 32.5. The van der Waals surface area contributed by atoms with E-state index in [-0.39, 0.29) is 83.7 Å². The summed E-state index contributed by atoms with van der Waals surface area (Å²) < 4.78 is 62.6. The first-order valence-electron chi connectivity index (χ1n) is 25.3. The van der Waals surface area contributed by atoms with Crippen LogP contribution < -0.4 is 52.0 Å². The minimum Gasteiger partial charge on any atom is -0.286 e. The summed E-state index contributed by atoms with van der Waals surface area (Å²) in [6.45, 7) is 0. The van der Waals surface area contributed by atoms with Crippen LogP contribution in [0.2, 0.25) is 0 Å². The Morgan fingerprint density at radius 3 is 0.833 bits per heavy atom. The lowest BCUT2D eigenvalue weighted by Gasteiger charge is -2.38. The molecule has 5 saturated heterocycles. The second-order valence-corrected chi connectivity index (χ2v) is 25.9. The minimum absolute atomic E-state index is 0.0159. The molecule has 10 N–H and O–H groups in total. The van der Waals surface area contributed by atoms with Gasteiger partial charge in [-0.25, -0.2) is 26.3 Å². The van der Waals surface area contributed by atoms with Gasteiger partial charge < -0.3 is 0 Å². The monoisotopic (exact) mass is 875 g/mol. The summed E-state index contributed by atoms with van der Waals surface area (Å²) in [7, 11) is -6.83. The lowest BCUT2D eigenvalue weighted by atomic mass is 9.76. The van der Waals surface area contributed by atoms with Crippen molar-refractivity contribution in [3.8, 4) is 0 Å². The molecule has 11 aliphatic rings. The smallest absolute Gasteiger partial charge is 0.214 e. The third kappa shape index (κ3) is 8.21. The zero-order valence-electron chi connectivity index (χ0n) is 36.0. The Kier molecular flexibility index (Phi) is 12.2. The largest absolute Gasteiger partial charge is 0.286 e. The van der Waals surface area contributed by atoms with Gasteiger partial charge >= 0.3 is 0 Å². The van der Waals surface area contributed by atoms with E-state index in [1.54, 1.807) is 0 Å². The molecule has 0 aromatic rings. The molecule has 8 bridgehead atoms. The highest BCUT2D eigenvalue weighted by molar-refractivity contribution is 7.90. The van der Waals surface area contributed by atoms with E-state index in [1.807, 2.05) is 0 Å². The molecule has 5 heterocycles. The summed E-state index contributed by atoms with van der Waals surface area (Å²) in [5.74, 6) is 3.10. The van der Waals surface area contributed by atoms with Crippen LogP contribution in [0.1, 0.15) is 154 Å². The van der Waals surface area contributed by atoms with Gasteiger partial charge in [-0.2, -0.15) is 0 Å². The van der Waals surface area contributed by atoms with Crippen LogP contribution in [0.3, 0.4) is 0 Å². The Morgan fingerprint density at radius 1 is 0.283 bits per heavy atom. The molecule has 0 radical (unpaired) electrons. The van der Waals surface area contributed by atoms with Crippen molar-refractivity contribution in [2.75, 3.05) is 0 Å². The molecule has 0 amide bonds. The van der Waals surface area contributed by atoms with E-state index in [9.17, 15) is 16.8 Å². The molecule has 18 atom stereocenters. The Bertz CT molecular complexity index is 1610. The topological polar surface area (TPSA) is 189 Å². The van der Waals surface area contributed by atoms with Crippen molar-refractivity contribution in [3.63, 3.8) is 0 Å². The van der Waals surface area contributed by atoms with Gasteiger partial charge in [0.15, 0.2) is 0 Å². The lowest BCUT2D eigenvalue weighted by Crippen LogP contribution is -2.61. The maximum absolute atomic E-state index is 14.1. The summed E-state index contributed by atoms with van der Waals surface area (Å²) in [5.41, 5.74) is 0. The van der Waals surface area contributed by atoms with Crippen LogP contribution >= 0.6 is 0 Å². The maximum Gasteiger partial charge on any atom is 0.214 e. The Hall–Kier alpha value is -0.500. The number of fused-ring (bicyclic) bond motifs is 20. The highest BCUT2D eigenvalue weighted by Crippen LogP contribution is 2.47. The highest BCUT2D eigenvalue weighted by Gasteiger charge is 2.56. The second kappa shape index (κ2) is 17.4. The fourth-order valence-corrected chi connectivity index (χ4v) is 19.2. The standard InChI is InChI=1S/C44H78N10O4S2/c55-59(56,53-25-11-3-1-4-12-25)27-19-21-33-35(23-27)43-49-39-31-17-9-7-15-29(31)38(45-39)48-42-34-22-20-28(60(57,58)54-26-13-5-2-6-14-26)24-36(34)44(52-42)50-40-32-18-10-8-16-30(32)37(46-40)47-41(33)51-43/h25-54H,1-24H2. The van der Waals surface area contributed by atoms with Crippen LogP contribution in [0.25, 0.3) is 0 Å². The van der Waals surface area contributed by atoms with Gasteiger partial charge in [-0.1, -0.05) is 64.2 Å². The van der Waals surface area contributed by atoms with Crippen LogP contribution in [-0.2, 0) is 20.0 Å². The Labute approximate surface area is 360 Å². The van der Waals surface area contributed by atoms with Gasteiger partial charge in [0, 0.05) is 12.1 Å². The van der Waals surface area contributed by atoms with Crippen molar-refractivity contribution >= 4 is 20.0 Å². The molecule has 6 aliphatic carbocycles. The van der Waals surface area contributed by atoms with Crippen molar-refractivity contribution in [2.24, 2.45) is 47.3 Å². The van der Waals surface area contributed by atoms with E-state index >= 15 is 0 Å². The van der Waals surface area contributed by atoms with E-state index < -0.39 is 20.0 Å². The molecule has 6 saturated carbocycles. The molecule has 16 heteroatoms. The Balaban J connectivity index is 0.873. The van der Waals surface area contributed by atoms with Crippen molar-refractivity contribution in [2.45, 2.75) is 226 Å². The van der Waals surface area contributed by atoms with Gasteiger partial charge in [-0.15, -0.1) is 0 Å². The van der Waals surface area contributed by atoms with E-state index in [0.717, 1.165) is 64.2 Å². The van der Waals surface area contributed by atoms with Crippen molar-refractivity contribution in [1.82, 2.24) is 52.0 Å². The first-order chi connectivity index (χ1) is 29.2. The SMILES string of the molecule is O=S(=O)(NC1CCCCC1)C1CCC2C3NC4NC(NC5NC(NC6NC(NC(N3)C2C1)C1CCCCC61)C1CCC(S(=O)(=O)NC2CCCCC2)CC51)C1CCCCC41. The Morgan fingerprint density at radius 2 is 0.533 bits per heavy atom. The number of hydrogen-bond acceptors (Lipinski definition) is 12. The van der Waals surface area contributed by atoms with Crippen molar-refractivity contribution in [1.29, 1.82) is 0 Å². The van der Waals surface area contributed by atoms with Gasteiger partial charge in [-0.05, 0) is 137 Å². The highest BCUT2D eigenvalue weighted by atomic mass is 32.2. The van der Waals surface area contributed by atoms with Crippen LogP contribution in [0, 0.1) is 47.3 Å². The number of hydrogen-bond donors (Lipinski definition) is 10. The molecule has 5 aliphatic heterocycles. The van der Waals surface area contributed by atoms with Gasteiger partial charge in [0.2, 0.25) is 20.0 Å². The maximum atomic E-state index is 14.1.